The van der Waals surface area contributed by atoms with Gasteiger partial charge in [0.15, 0.2) is 15.8 Å². The highest BCUT2D eigenvalue weighted by Crippen LogP contribution is 2.37. The lowest BCUT2D eigenvalue weighted by Gasteiger charge is -2.14. The van der Waals surface area contributed by atoms with Crippen molar-refractivity contribution in [2.45, 2.75) is 0 Å². The Kier molecular flexibility index (Phi) is 6.95. The first-order chi connectivity index (χ1) is 16.4. The smallest absolute Gasteiger partial charge is 0.346 e. The van der Waals surface area contributed by atoms with E-state index in [0.29, 0.717) is 26.2 Å². The first-order valence-corrected chi connectivity index (χ1v) is 11.2. The van der Waals surface area contributed by atoms with E-state index in [9.17, 15) is 14.0 Å². The number of thioether (sulfide) groups is 1. The minimum absolute atomic E-state index is 0.124. The van der Waals surface area contributed by atoms with E-state index >= 15 is 0 Å². The monoisotopic (exact) mass is 495 g/mol. The number of carbonyl (C=O) groups is 2. The summed E-state index contributed by atoms with van der Waals surface area (Å²) < 4.78 is 30.1. The Balaban J connectivity index is 1.56. The summed E-state index contributed by atoms with van der Waals surface area (Å²) in [6.07, 6.45) is 1.67. The predicted molar refractivity (Wildman–Crippen MR) is 133 cm³/mol. The van der Waals surface area contributed by atoms with Gasteiger partial charge in [-0.3, -0.25) is 9.69 Å². The Bertz CT molecular complexity index is 1310. The van der Waals surface area contributed by atoms with Gasteiger partial charge in [0.2, 0.25) is 0 Å². The standard InChI is InChI=1S/C25H18FNO5S2/c1-30-17-10-8-16(9-11-17)27-23(28)22(34-25(27)33)14-15-7-12-20(21(13-15)31-2)32-24(29)18-5-3-4-6-19(18)26/h3-14H,1-2H3. The van der Waals surface area contributed by atoms with Crippen LogP contribution in [0, 0.1) is 5.82 Å². The number of anilines is 1. The highest BCUT2D eigenvalue weighted by molar-refractivity contribution is 8.27. The number of hydrogen-bond acceptors (Lipinski definition) is 7. The topological polar surface area (TPSA) is 65.1 Å². The number of ether oxygens (including phenoxy) is 3. The number of amides is 1. The molecule has 4 rings (SSSR count). The molecule has 9 heteroatoms. The summed E-state index contributed by atoms with van der Waals surface area (Å²) in [4.78, 5) is 27.2. The summed E-state index contributed by atoms with van der Waals surface area (Å²) in [7, 11) is 2.99. The molecule has 3 aromatic carbocycles. The number of methoxy groups -OCH3 is 2. The SMILES string of the molecule is COc1ccc(N2C(=O)C(=Cc3ccc(OC(=O)c4ccccc4F)c(OC)c3)SC2=S)cc1. The number of esters is 1. The molecule has 0 spiro atoms. The van der Waals surface area contributed by atoms with Crippen molar-refractivity contribution in [3.63, 3.8) is 0 Å². The van der Waals surface area contributed by atoms with Gasteiger partial charge in [0, 0.05) is 0 Å². The van der Waals surface area contributed by atoms with Gasteiger partial charge in [0.1, 0.15) is 11.6 Å². The van der Waals surface area contributed by atoms with Crippen LogP contribution in [0.3, 0.4) is 0 Å². The third-order valence-electron chi connectivity index (χ3n) is 4.91. The Morgan fingerprint density at radius 1 is 1.00 bits per heavy atom. The van der Waals surface area contributed by atoms with Crippen LogP contribution in [-0.2, 0) is 4.79 Å². The van der Waals surface area contributed by atoms with Crippen molar-refractivity contribution in [2.75, 3.05) is 19.1 Å². The van der Waals surface area contributed by atoms with Crippen LogP contribution in [0.2, 0.25) is 0 Å². The number of halogens is 1. The largest absolute Gasteiger partial charge is 0.497 e. The molecule has 3 aromatic rings. The van der Waals surface area contributed by atoms with Crippen LogP contribution < -0.4 is 19.1 Å². The van der Waals surface area contributed by atoms with Gasteiger partial charge in [-0.1, -0.05) is 42.2 Å². The molecule has 0 aromatic heterocycles. The fourth-order valence-corrected chi connectivity index (χ4v) is 4.51. The lowest BCUT2D eigenvalue weighted by atomic mass is 10.1. The molecule has 1 aliphatic heterocycles. The van der Waals surface area contributed by atoms with E-state index in [1.165, 1.54) is 48.0 Å². The van der Waals surface area contributed by atoms with Crippen LogP contribution in [0.5, 0.6) is 17.2 Å². The van der Waals surface area contributed by atoms with E-state index in [1.54, 1.807) is 55.7 Å². The average Bonchev–Trinajstić information content (AvgIpc) is 3.12. The van der Waals surface area contributed by atoms with Crippen LogP contribution in [0.4, 0.5) is 10.1 Å². The Labute approximate surface area is 204 Å². The van der Waals surface area contributed by atoms with Gasteiger partial charge in [-0.2, -0.15) is 0 Å². The second kappa shape index (κ2) is 10.1. The zero-order valence-electron chi connectivity index (χ0n) is 18.1. The molecule has 1 saturated heterocycles. The quantitative estimate of drug-likeness (QED) is 0.195. The van der Waals surface area contributed by atoms with Crippen LogP contribution in [0.1, 0.15) is 15.9 Å². The molecule has 0 saturated carbocycles. The normalized spacial score (nSPS) is 14.4. The molecule has 1 aliphatic rings. The number of rotatable bonds is 6. The van der Waals surface area contributed by atoms with E-state index in [1.807, 2.05) is 0 Å². The van der Waals surface area contributed by atoms with Crippen molar-refractivity contribution in [1.29, 1.82) is 0 Å². The number of thiocarbonyl (C=S) groups is 1. The molecule has 6 nitrogen and oxygen atoms in total. The second-order valence-corrected chi connectivity index (χ2v) is 8.67. The van der Waals surface area contributed by atoms with Crippen molar-refractivity contribution >= 4 is 51.9 Å². The minimum atomic E-state index is -0.843. The summed E-state index contributed by atoms with van der Waals surface area (Å²) in [5, 5.41) is 0. The van der Waals surface area contributed by atoms with Gasteiger partial charge in [-0.25, -0.2) is 9.18 Å². The van der Waals surface area contributed by atoms with Crippen molar-refractivity contribution in [3.8, 4) is 17.2 Å². The molecular formula is C25H18FNO5S2. The van der Waals surface area contributed by atoms with Gasteiger partial charge in [0.25, 0.3) is 5.91 Å². The van der Waals surface area contributed by atoms with Crippen LogP contribution >= 0.6 is 24.0 Å². The van der Waals surface area contributed by atoms with Crippen LogP contribution in [-0.4, -0.2) is 30.4 Å². The number of benzene rings is 3. The highest BCUT2D eigenvalue weighted by atomic mass is 32.2. The summed E-state index contributed by atoms with van der Waals surface area (Å²) in [6, 6.07) is 17.4. The van der Waals surface area contributed by atoms with Crippen molar-refractivity contribution in [3.05, 3.63) is 88.6 Å². The second-order valence-electron chi connectivity index (χ2n) is 6.99. The maximum absolute atomic E-state index is 13.9. The predicted octanol–water partition coefficient (Wildman–Crippen LogP) is 5.47. The van der Waals surface area contributed by atoms with Crippen LogP contribution in [0.15, 0.2) is 71.6 Å². The lowest BCUT2D eigenvalue weighted by Crippen LogP contribution is -2.27. The fraction of sp³-hybridized carbons (Fsp3) is 0.0800. The molecule has 1 amide bonds. The van der Waals surface area contributed by atoms with E-state index in [2.05, 4.69) is 0 Å². The Hall–Kier alpha value is -3.69. The molecular weight excluding hydrogens is 477 g/mol. The molecule has 0 unspecified atom stereocenters. The minimum Gasteiger partial charge on any atom is -0.497 e. The summed E-state index contributed by atoms with van der Waals surface area (Å²) in [5.41, 5.74) is 1.09. The fourth-order valence-electron chi connectivity index (χ4n) is 3.21. The van der Waals surface area contributed by atoms with Gasteiger partial charge in [0.05, 0.1) is 30.4 Å². The Morgan fingerprint density at radius 3 is 2.41 bits per heavy atom. The van der Waals surface area contributed by atoms with Crippen molar-refractivity contribution in [2.24, 2.45) is 0 Å². The molecule has 1 heterocycles. The number of nitrogens with zero attached hydrogens (tertiary/aromatic N) is 1. The summed E-state index contributed by atoms with van der Waals surface area (Å²) >= 11 is 6.59. The molecule has 34 heavy (non-hydrogen) atoms. The summed E-state index contributed by atoms with van der Waals surface area (Å²) in [6.45, 7) is 0. The maximum atomic E-state index is 13.9. The van der Waals surface area contributed by atoms with E-state index in [4.69, 9.17) is 26.4 Å². The molecule has 0 atom stereocenters. The van der Waals surface area contributed by atoms with E-state index in [0.717, 1.165) is 0 Å². The van der Waals surface area contributed by atoms with Crippen molar-refractivity contribution < 1.29 is 28.2 Å². The number of carbonyl (C=O) groups excluding carboxylic acids is 2. The lowest BCUT2D eigenvalue weighted by molar-refractivity contribution is -0.113. The van der Waals surface area contributed by atoms with E-state index in [-0.39, 0.29) is 23.0 Å². The maximum Gasteiger partial charge on any atom is 0.346 e. The zero-order chi connectivity index (χ0) is 24.2. The first-order valence-electron chi connectivity index (χ1n) is 9.98. The van der Waals surface area contributed by atoms with Crippen LogP contribution in [0.25, 0.3) is 6.08 Å². The Morgan fingerprint density at radius 2 is 1.74 bits per heavy atom. The highest BCUT2D eigenvalue weighted by Gasteiger charge is 2.33. The molecule has 1 fully saturated rings. The molecule has 172 valence electrons. The van der Waals surface area contributed by atoms with Gasteiger partial charge in [-0.05, 0) is 60.2 Å². The van der Waals surface area contributed by atoms with E-state index < -0.39 is 11.8 Å². The third kappa shape index (κ3) is 4.80. The molecule has 0 N–H and O–H groups in total. The van der Waals surface area contributed by atoms with Gasteiger partial charge >= 0.3 is 5.97 Å². The molecule has 0 bridgehead atoms. The third-order valence-corrected chi connectivity index (χ3v) is 6.21. The van der Waals surface area contributed by atoms with Crippen molar-refractivity contribution in [1.82, 2.24) is 0 Å². The number of hydrogen-bond donors (Lipinski definition) is 0. The summed E-state index contributed by atoms with van der Waals surface area (Å²) in [5.74, 6) is -0.726. The first kappa shape index (κ1) is 23.5. The molecule has 0 radical (unpaired) electrons. The van der Waals surface area contributed by atoms with Gasteiger partial charge < -0.3 is 14.2 Å². The van der Waals surface area contributed by atoms with Gasteiger partial charge in [-0.15, -0.1) is 0 Å². The zero-order valence-corrected chi connectivity index (χ0v) is 19.7. The molecule has 0 aliphatic carbocycles. The average molecular weight is 496 g/mol.